The predicted molar refractivity (Wildman–Crippen MR) is 82.3 cm³/mol. The summed E-state index contributed by atoms with van der Waals surface area (Å²) in [6.07, 6.45) is 0.0365. The van der Waals surface area contributed by atoms with Gasteiger partial charge in [0.2, 0.25) is 0 Å². The molecular weight excluding hydrogens is 579 g/mol. The molecule has 1 aromatic rings. The molecule has 1 aromatic carbocycles. The molecule has 0 atom stereocenters. The van der Waals surface area contributed by atoms with Crippen LogP contribution in [0.3, 0.4) is 0 Å². The number of alkyl carbamates (subject to hydrolysis) is 1. The molecule has 10 heteroatoms. The van der Waals surface area contributed by atoms with E-state index in [4.69, 9.17) is 14.2 Å². The van der Waals surface area contributed by atoms with Crippen LogP contribution in [0.1, 0.15) is 12.0 Å². The summed E-state index contributed by atoms with van der Waals surface area (Å²) in [6.45, 7) is 0.152. The van der Waals surface area contributed by atoms with Crippen LogP contribution in [0, 0.1) is 17.2 Å². The average Bonchev–Trinajstić information content (AvgIpc) is 2.52. The van der Waals surface area contributed by atoms with Crippen LogP contribution < -0.4 is 14.8 Å². The van der Waals surface area contributed by atoms with E-state index in [0.717, 1.165) is 0 Å². The zero-order chi connectivity index (χ0) is 16.5. The molecule has 1 amide bonds. The zero-order valence-corrected chi connectivity index (χ0v) is 20.0. The van der Waals surface area contributed by atoms with Crippen LogP contribution in [-0.2, 0) is 11.3 Å². The Labute approximate surface area is 133 Å². The van der Waals surface area contributed by atoms with E-state index in [2.05, 4.69) is 25.1 Å². The van der Waals surface area contributed by atoms with Gasteiger partial charge in [-0.25, -0.2) is 4.79 Å². The Balaban J connectivity index is 0.00000484. The van der Waals surface area contributed by atoms with Gasteiger partial charge in [-0.3, -0.25) is 10.1 Å². The Morgan fingerprint density at radius 1 is 1.43 bits per heavy atom. The van der Waals surface area contributed by atoms with Crippen LogP contribution in [0.2, 0.25) is 0 Å². The molecular formula is C13H17N2O6RfS-. The van der Waals surface area contributed by atoms with Crippen molar-refractivity contribution in [2.45, 2.75) is 13.0 Å². The fourth-order valence-electron chi connectivity index (χ4n) is 1.61. The van der Waals surface area contributed by atoms with Gasteiger partial charge in [-0.05, 0) is 18.2 Å². The van der Waals surface area contributed by atoms with E-state index in [1.54, 1.807) is 0 Å². The number of nitro benzene ring substituents is 1. The quantitative estimate of drug-likeness (QED) is 0.157. The number of hydrogen-bond donors (Lipinski definition) is 2. The Morgan fingerprint density at radius 3 is 2.65 bits per heavy atom. The van der Waals surface area contributed by atoms with Crippen molar-refractivity contribution < 1.29 is 23.9 Å². The number of methoxy groups -OCH3 is 1. The Kier molecular flexibility index (Phi) is 8.38. The third-order valence-electron chi connectivity index (χ3n) is 2.68. The minimum atomic E-state index is -0.660. The number of thiol groups is 1. The summed E-state index contributed by atoms with van der Waals surface area (Å²) in [4.78, 5) is 21.9. The van der Waals surface area contributed by atoms with Crippen LogP contribution in [0.5, 0.6) is 11.5 Å². The largest absolute Gasteiger partial charge is 0.663 e. The number of benzene rings is 1. The van der Waals surface area contributed by atoms with E-state index >= 15 is 0 Å². The first kappa shape index (κ1) is 19.8. The summed E-state index contributed by atoms with van der Waals surface area (Å²) in [5, 5.41) is 13.6. The average molecular weight is 596 g/mol. The maximum absolute atomic E-state index is 11.5. The molecule has 0 aliphatic heterocycles. The van der Waals surface area contributed by atoms with E-state index in [1.807, 2.05) is 0 Å². The number of amides is 1. The fourth-order valence-corrected chi connectivity index (χ4v) is 1.77. The SMILES string of the molecule is [CH2-]Oc1cc([N+](=O)[O-])c(COC(=O)NCCCS)cc1OC.[Rf]. The van der Waals surface area contributed by atoms with Gasteiger partial charge in [-0.1, -0.05) is 0 Å². The van der Waals surface area contributed by atoms with E-state index in [-0.39, 0.29) is 29.4 Å². The number of nitrogens with one attached hydrogen (secondary N) is 1. The Morgan fingerprint density at radius 2 is 2.13 bits per heavy atom. The Hall–Kier alpha value is -3.16. The molecule has 0 unspecified atom stereocenters. The first-order valence-corrected chi connectivity index (χ1v) is 6.95. The molecule has 0 saturated heterocycles. The molecule has 0 bridgehead atoms. The second-order valence-electron chi connectivity index (χ2n) is 4.11. The normalized spacial score (nSPS) is 9.52. The Bertz CT molecular complexity index is 543. The maximum atomic E-state index is 11.5. The molecule has 23 heavy (non-hydrogen) atoms. The van der Waals surface area contributed by atoms with Gasteiger partial charge < -0.3 is 19.5 Å². The second-order valence-corrected chi connectivity index (χ2v) is 4.56. The van der Waals surface area contributed by atoms with Crippen molar-refractivity contribution >= 4 is 24.4 Å². The predicted octanol–water partition coefficient (Wildman–Crippen LogP) is 2.32. The summed E-state index contributed by atoms with van der Waals surface area (Å²) < 4.78 is 14.8. The number of nitrogens with zero attached hydrogens (tertiary/aromatic N) is 1. The number of nitro groups is 1. The minimum absolute atomic E-state index is 0. The fraction of sp³-hybridized carbons (Fsp3) is 0.385. The molecule has 1 rings (SSSR count). The van der Waals surface area contributed by atoms with Crippen molar-refractivity contribution in [2.75, 3.05) is 19.4 Å². The molecule has 0 aromatic heterocycles. The zero-order valence-electron chi connectivity index (χ0n) is 12.7. The molecule has 124 valence electrons. The van der Waals surface area contributed by atoms with Gasteiger partial charge >= 0.3 is 6.09 Å². The van der Waals surface area contributed by atoms with Crippen molar-refractivity contribution in [1.82, 2.24) is 5.32 Å². The van der Waals surface area contributed by atoms with Gasteiger partial charge in [-0.2, -0.15) is 19.7 Å². The van der Waals surface area contributed by atoms with Gasteiger partial charge in [0.25, 0.3) is 5.69 Å². The topological polar surface area (TPSA) is 99.9 Å². The van der Waals surface area contributed by atoms with Gasteiger partial charge in [0.1, 0.15) is 12.4 Å². The van der Waals surface area contributed by atoms with Crippen molar-refractivity contribution in [3.05, 3.63) is 34.9 Å². The van der Waals surface area contributed by atoms with Crippen molar-refractivity contribution in [1.29, 1.82) is 0 Å². The van der Waals surface area contributed by atoms with Crippen molar-refractivity contribution in [2.24, 2.45) is 0 Å². The van der Waals surface area contributed by atoms with E-state index < -0.39 is 11.0 Å². The minimum Gasteiger partial charge on any atom is -0.663 e. The number of rotatable bonds is 8. The smallest absolute Gasteiger partial charge is 0.407 e. The van der Waals surface area contributed by atoms with Crippen LogP contribution in [0.15, 0.2) is 12.1 Å². The summed E-state index contributed by atoms with van der Waals surface area (Å²) >= 11 is 4.01. The first-order chi connectivity index (χ1) is 10.5. The first-order valence-electron chi connectivity index (χ1n) is 6.32. The molecule has 0 saturated carbocycles. The van der Waals surface area contributed by atoms with Gasteiger partial charge in [-0.15, -0.1) is 0 Å². The van der Waals surface area contributed by atoms with E-state index in [0.29, 0.717) is 18.7 Å². The van der Waals surface area contributed by atoms with Gasteiger partial charge in [0, 0.05) is 6.54 Å². The number of carbonyl (C=O) groups is 1. The third-order valence-corrected chi connectivity index (χ3v) is 3.00. The van der Waals surface area contributed by atoms with Crippen molar-refractivity contribution in [3.63, 3.8) is 0 Å². The van der Waals surface area contributed by atoms with Gasteiger partial charge in [0.15, 0.2) is 5.75 Å². The van der Waals surface area contributed by atoms with Crippen LogP contribution >= 0.6 is 12.6 Å². The summed E-state index contributed by atoms with van der Waals surface area (Å²) in [5.41, 5.74) is -0.0606. The third kappa shape index (κ3) is 5.62. The summed E-state index contributed by atoms with van der Waals surface area (Å²) in [7, 11) is 4.59. The molecule has 1 N–H and O–H groups in total. The van der Waals surface area contributed by atoms with E-state index in [9.17, 15) is 14.9 Å². The van der Waals surface area contributed by atoms with E-state index in [1.165, 1.54) is 19.2 Å². The summed E-state index contributed by atoms with van der Waals surface area (Å²) in [6, 6.07) is 2.54. The molecule has 0 spiro atoms. The maximum Gasteiger partial charge on any atom is 0.407 e. The number of hydrogen-bond acceptors (Lipinski definition) is 7. The standard InChI is InChI=1S/C13H17N2O6S.Rf/c1-19-11-6-9(8-21-13(16)14-4-3-5-22)10(15(17)18)7-12(11)20-2;/h6-7,22H,2-5,8H2,1H3,(H,14,16);/q-1;. The molecule has 0 radical (unpaired) electrons. The van der Waals surface area contributed by atoms with Crippen LogP contribution in [0.25, 0.3) is 0 Å². The molecule has 8 nitrogen and oxygen atoms in total. The molecule has 0 heterocycles. The van der Waals surface area contributed by atoms with Gasteiger partial charge in [0.05, 0.1) is 23.7 Å². The van der Waals surface area contributed by atoms with Crippen LogP contribution in [-0.4, -0.2) is 30.4 Å². The molecule has 0 fully saturated rings. The summed E-state index contributed by atoms with van der Waals surface area (Å²) in [5.74, 6) is 1.01. The van der Waals surface area contributed by atoms with Crippen molar-refractivity contribution in [3.8, 4) is 11.5 Å². The molecule has 0 aliphatic rings. The second kappa shape index (κ2) is 9.72. The number of ether oxygens (including phenoxy) is 3. The van der Waals surface area contributed by atoms with Crippen LogP contribution in [0.4, 0.5) is 10.5 Å². The monoisotopic (exact) mass is 596 g/mol. The molecule has 0 aliphatic carbocycles. The number of carbonyl (C=O) groups excluding carboxylic acids is 1.